The second-order valence-corrected chi connectivity index (χ2v) is 7.41. The molecule has 0 saturated carbocycles. The van der Waals surface area contributed by atoms with Crippen molar-refractivity contribution in [1.82, 2.24) is 19.4 Å². The molecule has 5 rings (SSSR count). The summed E-state index contributed by atoms with van der Waals surface area (Å²) in [5, 5.41) is 0. The van der Waals surface area contributed by atoms with Crippen molar-refractivity contribution in [2.75, 3.05) is 13.1 Å². The summed E-state index contributed by atoms with van der Waals surface area (Å²) in [6.07, 6.45) is 4.63. The number of nitrogens with zero attached hydrogens (tertiary/aromatic N) is 4. The van der Waals surface area contributed by atoms with Gasteiger partial charge in [-0.3, -0.25) is 9.88 Å². The molecule has 0 N–H and O–H groups in total. The van der Waals surface area contributed by atoms with Gasteiger partial charge in [-0.15, -0.1) is 0 Å². The van der Waals surface area contributed by atoms with Crippen molar-refractivity contribution in [3.63, 3.8) is 0 Å². The number of pyridine rings is 1. The van der Waals surface area contributed by atoms with Crippen molar-refractivity contribution < 1.29 is 9.13 Å². The minimum absolute atomic E-state index is 0.218. The summed E-state index contributed by atoms with van der Waals surface area (Å²) in [7, 11) is 0. The summed E-state index contributed by atoms with van der Waals surface area (Å²) in [5.74, 6) is 0.676. The van der Waals surface area contributed by atoms with E-state index in [1.165, 1.54) is 6.07 Å². The molecule has 1 aromatic carbocycles. The largest absolute Gasteiger partial charge is 0.364 e. The maximum Gasteiger partial charge on any atom is 0.135 e. The third kappa shape index (κ3) is 3.15. The number of likely N-dealkylation sites (tertiary alicyclic amines) is 1. The zero-order valence-electron chi connectivity index (χ0n) is 15.0. The van der Waals surface area contributed by atoms with Gasteiger partial charge in [0, 0.05) is 31.4 Å². The van der Waals surface area contributed by atoms with Crippen LogP contribution in [0.15, 0.2) is 54.9 Å². The first-order valence-electron chi connectivity index (χ1n) is 9.27. The van der Waals surface area contributed by atoms with E-state index >= 15 is 0 Å². The molecule has 2 aliphatic rings. The van der Waals surface area contributed by atoms with Crippen LogP contribution in [0.3, 0.4) is 0 Å². The lowest BCUT2D eigenvalue weighted by Crippen LogP contribution is -2.44. The standard InChI is InChI=1S/C21H21FN4O/c22-17-5-3-4-16(10-17)19-11-24-20-13-27-21(15-26(19)20)7-9-25(14-21)12-18-6-1-2-8-23-18/h1-6,8,10-11H,7,9,12-15H2. The Hall–Kier alpha value is -2.57. The number of ether oxygens (including phenoxy) is 1. The van der Waals surface area contributed by atoms with Crippen LogP contribution in [-0.4, -0.2) is 38.1 Å². The predicted molar refractivity (Wildman–Crippen MR) is 99.3 cm³/mol. The van der Waals surface area contributed by atoms with Crippen molar-refractivity contribution in [3.8, 4) is 11.3 Å². The van der Waals surface area contributed by atoms with Crippen LogP contribution in [0.2, 0.25) is 0 Å². The van der Waals surface area contributed by atoms with Crippen molar-refractivity contribution in [2.24, 2.45) is 0 Å². The van der Waals surface area contributed by atoms with E-state index in [0.717, 1.165) is 55.4 Å². The van der Waals surface area contributed by atoms with E-state index < -0.39 is 0 Å². The number of hydrogen-bond acceptors (Lipinski definition) is 4. The second kappa shape index (κ2) is 6.55. The van der Waals surface area contributed by atoms with Gasteiger partial charge in [0.25, 0.3) is 0 Å². The third-order valence-corrected chi connectivity index (χ3v) is 5.52. The third-order valence-electron chi connectivity index (χ3n) is 5.52. The van der Waals surface area contributed by atoms with E-state index in [1.807, 2.05) is 30.6 Å². The Bertz CT molecular complexity index is 958. The van der Waals surface area contributed by atoms with Crippen molar-refractivity contribution in [1.29, 1.82) is 0 Å². The molecule has 3 aromatic rings. The lowest BCUT2D eigenvalue weighted by atomic mass is 10.0. The SMILES string of the molecule is Fc1cccc(-c2cnc3n2CC2(CCN(Cc4ccccn4)C2)OC3)c1. The average molecular weight is 364 g/mol. The minimum Gasteiger partial charge on any atom is -0.364 e. The Morgan fingerprint density at radius 1 is 1.11 bits per heavy atom. The van der Waals surface area contributed by atoms with Crippen molar-refractivity contribution in [2.45, 2.75) is 31.7 Å². The van der Waals surface area contributed by atoms with E-state index in [2.05, 4.69) is 25.5 Å². The number of aromatic nitrogens is 3. The molecule has 27 heavy (non-hydrogen) atoms. The van der Waals surface area contributed by atoms with Gasteiger partial charge >= 0.3 is 0 Å². The van der Waals surface area contributed by atoms with E-state index in [4.69, 9.17) is 4.74 Å². The molecular weight excluding hydrogens is 343 g/mol. The summed E-state index contributed by atoms with van der Waals surface area (Å²) < 4.78 is 22.1. The van der Waals surface area contributed by atoms with Crippen LogP contribution in [-0.2, 0) is 24.4 Å². The highest BCUT2D eigenvalue weighted by molar-refractivity contribution is 5.59. The number of hydrogen-bond donors (Lipinski definition) is 0. The van der Waals surface area contributed by atoms with Gasteiger partial charge in [-0.2, -0.15) is 0 Å². The summed E-state index contributed by atoms with van der Waals surface area (Å²) in [4.78, 5) is 11.3. The minimum atomic E-state index is -0.229. The first-order valence-corrected chi connectivity index (χ1v) is 9.27. The normalized spacial score (nSPS) is 22.3. The zero-order valence-corrected chi connectivity index (χ0v) is 15.0. The van der Waals surface area contributed by atoms with E-state index in [-0.39, 0.29) is 11.4 Å². The van der Waals surface area contributed by atoms with Crippen LogP contribution < -0.4 is 0 Å². The Morgan fingerprint density at radius 2 is 2.07 bits per heavy atom. The number of imidazole rings is 1. The first kappa shape index (κ1) is 16.6. The Balaban J connectivity index is 1.37. The number of halogens is 1. The first-order chi connectivity index (χ1) is 13.2. The van der Waals surface area contributed by atoms with Gasteiger partial charge in [-0.25, -0.2) is 9.37 Å². The molecule has 0 aliphatic carbocycles. The van der Waals surface area contributed by atoms with E-state index in [1.54, 1.807) is 12.1 Å². The maximum atomic E-state index is 13.7. The van der Waals surface area contributed by atoms with Gasteiger partial charge in [0.2, 0.25) is 0 Å². The molecule has 2 aliphatic heterocycles. The van der Waals surface area contributed by atoms with Crippen LogP contribution in [0.25, 0.3) is 11.3 Å². The molecule has 1 atom stereocenters. The van der Waals surface area contributed by atoms with E-state index in [0.29, 0.717) is 6.61 Å². The van der Waals surface area contributed by atoms with Gasteiger partial charge in [0.05, 0.1) is 24.1 Å². The predicted octanol–water partition coefficient (Wildman–Crippen LogP) is 3.26. The van der Waals surface area contributed by atoms with Crippen LogP contribution in [0.1, 0.15) is 17.9 Å². The van der Waals surface area contributed by atoms with Crippen LogP contribution in [0.5, 0.6) is 0 Å². The maximum absolute atomic E-state index is 13.7. The van der Waals surface area contributed by atoms with Crippen LogP contribution in [0, 0.1) is 5.82 Å². The molecular formula is C21H21FN4O. The fraction of sp³-hybridized carbons (Fsp3) is 0.333. The van der Waals surface area contributed by atoms with Gasteiger partial charge < -0.3 is 9.30 Å². The van der Waals surface area contributed by atoms with E-state index in [9.17, 15) is 4.39 Å². The monoisotopic (exact) mass is 364 g/mol. The zero-order chi connectivity index (χ0) is 18.3. The molecule has 6 heteroatoms. The second-order valence-electron chi connectivity index (χ2n) is 7.41. The molecule has 0 radical (unpaired) electrons. The fourth-order valence-electron chi connectivity index (χ4n) is 4.17. The fourth-order valence-corrected chi connectivity index (χ4v) is 4.17. The quantitative estimate of drug-likeness (QED) is 0.716. The lowest BCUT2D eigenvalue weighted by molar-refractivity contribution is -0.0821. The Morgan fingerprint density at radius 3 is 2.93 bits per heavy atom. The van der Waals surface area contributed by atoms with Crippen molar-refractivity contribution in [3.05, 3.63) is 72.2 Å². The van der Waals surface area contributed by atoms with Gasteiger partial charge in [-0.1, -0.05) is 18.2 Å². The van der Waals surface area contributed by atoms with Gasteiger partial charge in [0.15, 0.2) is 0 Å². The Labute approximate surface area is 157 Å². The van der Waals surface area contributed by atoms with Crippen LogP contribution >= 0.6 is 0 Å². The highest BCUT2D eigenvalue weighted by Crippen LogP contribution is 2.35. The summed E-state index contributed by atoms with van der Waals surface area (Å²) >= 11 is 0. The highest BCUT2D eigenvalue weighted by Gasteiger charge is 2.43. The number of fused-ring (bicyclic) bond motifs is 1. The summed E-state index contributed by atoms with van der Waals surface area (Å²) in [5.41, 5.74) is 2.67. The molecule has 1 fully saturated rings. The number of rotatable bonds is 3. The lowest BCUT2D eigenvalue weighted by Gasteiger charge is -2.35. The molecule has 0 amide bonds. The molecule has 1 unspecified atom stereocenters. The Kier molecular flexibility index (Phi) is 4.02. The molecule has 5 nitrogen and oxygen atoms in total. The number of benzene rings is 1. The molecule has 2 aromatic heterocycles. The van der Waals surface area contributed by atoms with Crippen molar-refractivity contribution >= 4 is 0 Å². The molecule has 4 heterocycles. The molecule has 1 spiro atoms. The molecule has 138 valence electrons. The van der Waals surface area contributed by atoms with Gasteiger partial charge in [0.1, 0.15) is 23.8 Å². The molecule has 0 bridgehead atoms. The van der Waals surface area contributed by atoms with Crippen LogP contribution in [0.4, 0.5) is 4.39 Å². The van der Waals surface area contributed by atoms with Gasteiger partial charge in [-0.05, 0) is 30.7 Å². The molecule has 1 saturated heterocycles. The topological polar surface area (TPSA) is 43.2 Å². The highest BCUT2D eigenvalue weighted by atomic mass is 19.1. The summed E-state index contributed by atoms with van der Waals surface area (Å²) in [6, 6.07) is 12.7. The average Bonchev–Trinajstić information content (AvgIpc) is 3.27. The summed E-state index contributed by atoms with van der Waals surface area (Å²) in [6.45, 7) is 3.92. The smallest absolute Gasteiger partial charge is 0.135 e.